The predicted molar refractivity (Wildman–Crippen MR) is 60.9 cm³/mol. The molecule has 0 unspecified atom stereocenters. The van der Waals surface area contributed by atoms with Gasteiger partial charge in [0.15, 0.2) is 0 Å². The van der Waals surface area contributed by atoms with Gasteiger partial charge in [0, 0.05) is 12.8 Å². The van der Waals surface area contributed by atoms with Gasteiger partial charge in [0.2, 0.25) is 0 Å². The van der Waals surface area contributed by atoms with Crippen LogP contribution in [0.4, 0.5) is 0 Å². The van der Waals surface area contributed by atoms with Crippen LogP contribution < -0.4 is 0 Å². The second kappa shape index (κ2) is 4.40. The average Bonchev–Trinajstić information content (AvgIpc) is 2.85. The molecular weight excluding hydrogens is 208 g/mol. The Labute approximate surface area is 92.2 Å². The molecule has 2 rings (SSSR count). The molecule has 2 heterocycles. The van der Waals surface area contributed by atoms with Gasteiger partial charge >= 0.3 is 0 Å². The quantitative estimate of drug-likeness (QED) is 0.861. The van der Waals surface area contributed by atoms with Gasteiger partial charge in [0.25, 0.3) is 0 Å². The van der Waals surface area contributed by atoms with Crippen molar-refractivity contribution in [2.75, 3.05) is 0 Å². The van der Waals surface area contributed by atoms with Crippen molar-refractivity contribution in [1.82, 2.24) is 9.97 Å². The number of ketones is 1. The number of carbonyl (C=O) groups excluding carboxylic acids is 1. The monoisotopic (exact) mass is 220 g/mol. The van der Waals surface area contributed by atoms with E-state index in [9.17, 15) is 4.79 Å². The van der Waals surface area contributed by atoms with E-state index in [1.165, 1.54) is 4.88 Å². The van der Waals surface area contributed by atoms with Gasteiger partial charge in [-0.1, -0.05) is 6.07 Å². The van der Waals surface area contributed by atoms with Gasteiger partial charge in [-0.3, -0.25) is 0 Å². The Morgan fingerprint density at radius 1 is 1.60 bits per heavy atom. The van der Waals surface area contributed by atoms with E-state index in [0.717, 1.165) is 11.5 Å². The summed E-state index contributed by atoms with van der Waals surface area (Å²) in [6.45, 7) is 1.60. The summed E-state index contributed by atoms with van der Waals surface area (Å²) in [4.78, 5) is 19.5. The highest BCUT2D eigenvalue weighted by Crippen LogP contribution is 2.22. The fourth-order valence-electron chi connectivity index (χ4n) is 1.34. The minimum atomic E-state index is 0.198. The van der Waals surface area contributed by atoms with Gasteiger partial charge in [-0.25, -0.2) is 4.98 Å². The minimum absolute atomic E-state index is 0.198. The fourth-order valence-corrected chi connectivity index (χ4v) is 2.03. The molecule has 0 aliphatic carbocycles. The summed E-state index contributed by atoms with van der Waals surface area (Å²) in [5.41, 5.74) is 1.03. The first kappa shape index (κ1) is 10.1. The van der Waals surface area contributed by atoms with E-state index in [4.69, 9.17) is 0 Å². The van der Waals surface area contributed by atoms with Crippen molar-refractivity contribution in [2.45, 2.75) is 19.8 Å². The zero-order chi connectivity index (χ0) is 10.7. The molecule has 0 fully saturated rings. The average molecular weight is 220 g/mol. The van der Waals surface area contributed by atoms with Crippen LogP contribution in [0.25, 0.3) is 10.6 Å². The number of H-pyrrole nitrogens is 1. The van der Waals surface area contributed by atoms with Crippen molar-refractivity contribution >= 4 is 17.1 Å². The van der Waals surface area contributed by atoms with Gasteiger partial charge < -0.3 is 9.78 Å². The molecule has 15 heavy (non-hydrogen) atoms. The second-order valence-corrected chi connectivity index (χ2v) is 4.37. The number of thiophene rings is 1. The third kappa shape index (κ3) is 2.53. The molecule has 0 radical (unpaired) electrons. The van der Waals surface area contributed by atoms with E-state index < -0.39 is 0 Å². The number of aromatic nitrogens is 2. The number of imidazole rings is 1. The molecule has 78 valence electrons. The Bertz CT molecular complexity index is 445. The molecule has 0 aromatic carbocycles. The molecule has 0 amide bonds. The predicted octanol–water partition coefficient (Wildman–Crippen LogP) is 2.66. The van der Waals surface area contributed by atoms with E-state index in [0.29, 0.717) is 12.8 Å². The summed E-state index contributed by atoms with van der Waals surface area (Å²) in [7, 11) is 0. The van der Waals surface area contributed by atoms with Crippen LogP contribution in [0.5, 0.6) is 0 Å². The summed E-state index contributed by atoms with van der Waals surface area (Å²) in [5, 5.41) is 2.03. The Kier molecular flexibility index (Phi) is 2.97. The van der Waals surface area contributed by atoms with Crippen molar-refractivity contribution in [3.63, 3.8) is 0 Å². The van der Waals surface area contributed by atoms with Crippen molar-refractivity contribution in [3.8, 4) is 10.6 Å². The molecule has 2 aromatic heterocycles. The number of nitrogens with zero attached hydrogens (tertiary/aromatic N) is 1. The number of rotatable bonds is 4. The first-order valence-corrected chi connectivity index (χ1v) is 5.71. The van der Waals surface area contributed by atoms with Crippen molar-refractivity contribution in [2.24, 2.45) is 0 Å². The Morgan fingerprint density at radius 2 is 2.47 bits per heavy atom. The van der Waals surface area contributed by atoms with Crippen LogP contribution in [0.2, 0.25) is 0 Å². The van der Waals surface area contributed by atoms with Crippen LogP contribution in [-0.2, 0) is 11.2 Å². The normalized spacial score (nSPS) is 10.5. The maximum absolute atomic E-state index is 10.8. The summed E-state index contributed by atoms with van der Waals surface area (Å²) in [5.74, 6) is 1.08. The molecule has 3 nitrogen and oxygen atoms in total. The van der Waals surface area contributed by atoms with Crippen LogP contribution in [0.3, 0.4) is 0 Å². The highest BCUT2D eigenvalue weighted by molar-refractivity contribution is 7.13. The summed E-state index contributed by atoms with van der Waals surface area (Å²) >= 11 is 1.68. The zero-order valence-corrected chi connectivity index (χ0v) is 9.30. The molecule has 0 bridgehead atoms. The van der Waals surface area contributed by atoms with Gasteiger partial charge in [-0.2, -0.15) is 0 Å². The number of nitrogens with one attached hydrogen (secondary N) is 1. The molecule has 0 saturated heterocycles. The Balaban J connectivity index is 2.08. The molecule has 0 atom stereocenters. The molecule has 1 N–H and O–H groups in total. The lowest BCUT2D eigenvalue weighted by atomic mass is 10.2. The van der Waals surface area contributed by atoms with Crippen LogP contribution in [-0.4, -0.2) is 15.8 Å². The van der Waals surface area contributed by atoms with E-state index in [1.54, 1.807) is 18.3 Å². The highest BCUT2D eigenvalue weighted by Gasteiger charge is 2.04. The molecule has 2 aromatic rings. The third-order valence-electron chi connectivity index (χ3n) is 2.13. The maximum Gasteiger partial charge on any atom is 0.130 e. The highest BCUT2D eigenvalue weighted by atomic mass is 32.1. The molecule has 0 spiro atoms. The lowest BCUT2D eigenvalue weighted by Gasteiger charge is -1.93. The second-order valence-electron chi connectivity index (χ2n) is 3.42. The van der Waals surface area contributed by atoms with Crippen LogP contribution in [0, 0.1) is 0 Å². The molecule has 0 aliphatic rings. The summed E-state index contributed by atoms with van der Waals surface area (Å²) < 4.78 is 0. The number of carbonyl (C=O) groups is 1. The Hall–Kier alpha value is -1.42. The number of hydrogen-bond acceptors (Lipinski definition) is 3. The smallest absolute Gasteiger partial charge is 0.130 e. The largest absolute Gasteiger partial charge is 0.341 e. The summed E-state index contributed by atoms with van der Waals surface area (Å²) in [6.07, 6.45) is 3.07. The SMILES string of the molecule is CC(=O)CCc1ncc(-c2cccs2)[nH]1. The van der Waals surface area contributed by atoms with Gasteiger partial charge in [0.1, 0.15) is 11.6 Å². The maximum atomic E-state index is 10.8. The Morgan fingerprint density at radius 3 is 3.13 bits per heavy atom. The first-order chi connectivity index (χ1) is 7.25. The van der Waals surface area contributed by atoms with Crippen molar-refractivity contribution < 1.29 is 4.79 Å². The molecule has 0 saturated carbocycles. The zero-order valence-electron chi connectivity index (χ0n) is 8.49. The van der Waals surface area contributed by atoms with E-state index in [-0.39, 0.29) is 5.78 Å². The first-order valence-electron chi connectivity index (χ1n) is 4.83. The summed E-state index contributed by atoms with van der Waals surface area (Å²) in [6, 6.07) is 4.06. The number of Topliss-reactive ketones (excluding diaryl/α,β-unsaturated/α-hetero) is 1. The van der Waals surface area contributed by atoms with Gasteiger partial charge in [0.05, 0.1) is 16.8 Å². The number of aromatic amines is 1. The van der Waals surface area contributed by atoms with E-state index in [2.05, 4.69) is 9.97 Å². The lowest BCUT2D eigenvalue weighted by Crippen LogP contribution is -1.95. The topological polar surface area (TPSA) is 45.8 Å². The van der Waals surface area contributed by atoms with E-state index in [1.807, 2.05) is 23.7 Å². The molecular formula is C11H12N2OS. The lowest BCUT2D eigenvalue weighted by molar-refractivity contribution is -0.117. The van der Waals surface area contributed by atoms with Crippen LogP contribution in [0.15, 0.2) is 23.7 Å². The van der Waals surface area contributed by atoms with Gasteiger partial charge in [-0.05, 0) is 18.4 Å². The molecule has 4 heteroatoms. The number of aryl methyl sites for hydroxylation is 1. The number of hydrogen-bond donors (Lipinski definition) is 1. The fraction of sp³-hybridized carbons (Fsp3) is 0.273. The molecule has 0 aliphatic heterocycles. The van der Waals surface area contributed by atoms with Crippen LogP contribution in [0.1, 0.15) is 19.2 Å². The standard InChI is InChI=1S/C11H12N2OS/c1-8(14)4-5-11-12-7-9(13-11)10-3-2-6-15-10/h2-3,6-7H,4-5H2,1H3,(H,12,13). The third-order valence-corrected chi connectivity index (χ3v) is 3.03. The van der Waals surface area contributed by atoms with Crippen molar-refractivity contribution in [1.29, 1.82) is 0 Å². The van der Waals surface area contributed by atoms with Crippen molar-refractivity contribution in [3.05, 3.63) is 29.5 Å². The minimum Gasteiger partial charge on any atom is -0.341 e. The van der Waals surface area contributed by atoms with Gasteiger partial charge in [-0.15, -0.1) is 11.3 Å². The van der Waals surface area contributed by atoms with Crippen LogP contribution >= 0.6 is 11.3 Å². The van der Waals surface area contributed by atoms with E-state index >= 15 is 0 Å².